The monoisotopic (exact) mass is 892 g/mol. The number of carbonyl (C=O) groups is 3. The number of methoxy groups -OCH3 is 1. The minimum Gasteiger partial charge on any atom is -0.491 e. The van der Waals surface area contributed by atoms with Crippen LogP contribution >= 0.6 is 0 Å². The van der Waals surface area contributed by atoms with E-state index in [1.165, 1.54) is 12.2 Å². The Balaban J connectivity index is 0.000000179. The van der Waals surface area contributed by atoms with Gasteiger partial charge in [-0.05, 0) is 109 Å². The number of nitrogens with zero attached hydrogens (tertiary/aromatic N) is 5. The van der Waals surface area contributed by atoms with E-state index >= 15 is 0 Å². The van der Waals surface area contributed by atoms with E-state index in [4.69, 9.17) is 18.9 Å². The van der Waals surface area contributed by atoms with E-state index in [-0.39, 0.29) is 35.9 Å². The van der Waals surface area contributed by atoms with Gasteiger partial charge in [-0.15, -0.1) is 0 Å². The van der Waals surface area contributed by atoms with E-state index in [0.717, 1.165) is 47.3 Å². The molecule has 4 aromatic carbocycles. The molecule has 66 heavy (non-hydrogen) atoms. The average molecular weight is 893 g/mol. The van der Waals surface area contributed by atoms with E-state index in [1.54, 1.807) is 66.6 Å². The van der Waals surface area contributed by atoms with Crippen molar-refractivity contribution in [1.29, 1.82) is 0 Å². The van der Waals surface area contributed by atoms with Crippen LogP contribution in [0.25, 0.3) is 0 Å². The van der Waals surface area contributed by atoms with Crippen molar-refractivity contribution >= 4 is 69.6 Å². The molecule has 6 aromatic rings. The fourth-order valence-corrected chi connectivity index (χ4v) is 6.86. The Kier molecular flexibility index (Phi) is 13.7. The van der Waals surface area contributed by atoms with Gasteiger partial charge in [0, 0.05) is 53.4 Å². The first kappa shape index (κ1) is 44.2. The zero-order chi connectivity index (χ0) is 46.0. The van der Waals surface area contributed by atoms with Crippen LogP contribution in [0.1, 0.15) is 29.9 Å². The first-order chi connectivity index (χ1) is 32.1. The van der Waals surface area contributed by atoms with E-state index in [2.05, 4.69) is 59.7 Å². The SMILES string of the molecule is C=CC(=O)N1CCOc2ccc(Nc3ncc(F)c(Nc4ccc5c(c4)CC(=O)N5)n3)cc21.C=CC(=O)Nc1cccc(Oc2nc(Nc3ccc(OCCOC)cc3)ncc2C2CC2)c1. The number of benzene rings is 4. The molecule has 336 valence electrons. The van der Waals surface area contributed by atoms with Crippen LogP contribution in [0.2, 0.25) is 0 Å². The number of anilines is 9. The number of hydrogen-bond acceptors (Lipinski definition) is 14. The van der Waals surface area contributed by atoms with Gasteiger partial charge in [0.2, 0.25) is 29.6 Å². The van der Waals surface area contributed by atoms with Gasteiger partial charge in [0.15, 0.2) is 11.6 Å². The highest BCUT2D eigenvalue weighted by Gasteiger charge is 2.29. The van der Waals surface area contributed by atoms with Crippen molar-refractivity contribution in [1.82, 2.24) is 19.9 Å². The Labute approximate surface area is 379 Å². The van der Waals surface area contributed by atoms with Crippen molar-refractivity contribution < 1.29 is 37.7 Å². The number of aromatic nitrogens is 4. The van der Waals surface area contributed by atoms with Crippen LogP contribution in [0, 0.1) is 5.82 Å². The molecule has 1 fully saturated rings. The summed E-state index contributed by atoms with van der Waals surface area (Å²) in [7, 11) is 1.64. The van der Waals surface area contributed by atoms with Crippen molar-refractivity contribution in [2.45, 2.75) is 25.2 Å². The lowest BCUT2D eigenvalue weighted by Gasteiger charge is -2.29. The number of nitrogens with one attached hydrogen (secondary N) is 5. The van der Waals surface area contributed by atoms with Crippen LogP contribution in [-0.4, -0.2) is 71.1 Å². The normalized spacial score (nSPS) is 13.3. The quantitative estimate of drug-likeness (QED) is 0.0457. The largest absolute Gasteiger partial charge is 0.491 e. The molecule has 2 aliphatic heterocycles. The van der Waals surface area contributed by atoms with E-state index < -0.39 is 5.82 Å². The summed E-state index contributed by atoms with van der Waals surface area (Å²) in [6.07, 6.45) is 7.80. The summed E-state index contributed by atoms with van der Waals surface area (Å²) in [4.78, 5) is 54.2. The maximum absolute atomic E-state index is 14.4. The lowest BCUT2D eigenvalue weighted by Crippen LogP contribution is -2.36. The van der Waals surface area contributed by atoms with Gasteiger partial charge in [-0.1, -0.05) is 19.2 Å². The number of hydrogen-bond donors (Lipinski definition) is 5. The molecule has 18 heteroatoms. The average Bonchev–Trinajstić information content (AvgIpc) is 4.10. The van der Waals surface area contributed by atoms with Crippen LogP contribution in [0.15, 0.2) is 123 Å². The molecule has 2 aromatic heterocycles. The van der Waals surface area contributed by atoms with Crippen molar-refractivity contribution in [3.8, 4) is 23.1 Å². The fraction of sp³-hybridized carbons (Fsp3) is 0.188. The molecule has 9 rings (SSSR count). The lowest BCUT2D eigenvalue weighted by atomic mass is 10.1. The van der Waals surface area contributed by atoms with Crippen LogP contribution in [0.3, 0.4) is 0 Å². The standard InChI is InChI=1S/C25H26N4O4.C23H19FN6O3/c1-3-23(30)27-19-5-4-6-21(15-19)33-24-22(17-7-8-17)16-26-25(29-24)28-18-9-11-20(12-10-18)32-14-13-31-2;1-2-21(32)30-7-8-33-19-6-4-15(11-18(19)30)27-23-25-12-16(24)22(29-23)26-14-3-5-17-13(9-14)10-20(31)28-17/h3-6,9-12,15-17H,1,7-8,13-14H2,2H3,(H,27,30)(H,26,28,29);2-6,9,11-12H,1,7-8,10H2,(H,28,31)(H2,25,26,27,29). The Hall–Kier alpha value is -8.38. The molecule has 4 heterocycles. The third-order valence-electron chi connectivity index (χ3n) is 10.2. The van der Waals surface area contributed by atoms with E-state index in [1.807, 2.05) is 36.5 Å². The van der Waals surface area contributed by atoms with Gasteiger partial charge in [0.05, 0.1) is 31.5 Å². The molecule has 0 saturated heterocycles. The summed E-state index contributed by atoms with van der Waals surface area (Å²) in [6, 6.07) is 25.2. The van der Waals surface area contributed by atoms with Crippen molar-refractivity contribution in [2.24, 2.45) is 0 Å². The zero-order valence-corrected chi connectivity index (χ0v) is 35.8. The van der Waals surface area contributed by atoms with Crippen LogP contribution in [0.4, 0.5) is 56.2 Å². The van der Waals surface area contributed by atoms with Crippen LogP contribution in [-0.2, 0) is 25.5 Å². The molecule has 17 nitrogen and oxygen atoms in total. The maximum atomic E-state index is 14.4. The molecule has 0 bridgehead atoms. The zero-order valence-electron chi connectivity index (χ0n) is 35.8. The molecule has 1 aliphatic carbocycles. The third-order valence-corrected chi connectivity index (χ3v) is 10.2. The van der Waals surface area contributed by atoms with Gasteiger partial charge >= 0.3 is 0 Å². The first-order valence-electron chi connectivity index (χ1n) is 20.9. The number of carbonyl (C=O) groups excluding carboxylic acids is 3. The van der Waals surface area contributed by atoms with Gasteiger partial charge in [-0.3, -0.25) is 14.4 Å². The molecule has 1 saturated carbocycles. The molecular formula is C48H45FN10O7. The highest BCUT2D eigenvalue weighted by atomic mass is 19.1. The fourth-order valence-electron chi connectivity index (χ4n) is 6.86. The lowest BCUT2D eigenvalue weighted by molar-refractivity contribution is -0.115. The summed E-state index contributed by atoms with van der Waals surface area (Å²) >= 11 is 0. The minimum absolute atomic E-state index is 0.0190. The number of fused-ring (bicyclic) bond motifs is 2. The molecule has 0 atom stereocenters. The summed E-state index contributed by atoms with van der Waals surface area (Å²) in [6.45, 7) is 8.84. The van der Waals surface area contributed by atoms with E-state index in [0.29, 0.717) is 78.4 Å². The van der Waals surface area contributed by atoms with Crippen LogP contribution < -0.4 is 45.7 Å². The number of halogens is 1. The Morgan fingerprint density at radius 2 is 1.62 bits per heavy atom. The van der Waals surface area contributed by atoms with Gasteiger partial charge in [0.25, 0.3) is 5.91 Å². The molecule has 5 N–H and O–H groups in total. The summed E-state index contributed by atoms with van der Waals surface area (Å²) in [5, 5.41) is 14.7. The second-order valence-corrected chi connectivity index (χ2v) is 15.0. The van der Waals surface area contributed by atoms with Crippen LogP contribution in [0.5, 0.6) is 23.1 Å². The smallest absolute Gasteiger partial charge is 0.250 e. The molecular weight excluding hydrogens is 848 g/mol. The van der Waals surface area contributed by atoms with Gasteiger partial charge in [-0.2, -0.15) is 9.97 Å². The Bertz CT molecular complexity index is 2790. The highest BCUT2D eigenvalue weighted by molar-refractivity contribution is 6.03. The van der Waals surface area contributed by atoms with E-state index in [9.17, 15) is 18.8 Å². The van der Waals surface area contributed by atoms with Gasteiger partial charge in [0.1, 0.15) is 30.5 Å². The van der Waals surface area contributed by atoms with Crippen molar-refractivity contribution in [2.75, 3.05) is 65.0 Å². The molecule has 3 aliphatic rings. The summed E-state index contributed by atoms with van der Waals surface area (Å²) < 4.78 is 36.7. The van der Waals surface area contributed by atoms with Gasteiger partial charge in [-0.25, -0.2) is 14.4 Å². The number of amides is 3. The topological polar surface area (TPSA) is 203 Å². The summed E-state index contributed by atoms with van der Waals surface area (Å²) in [5.41, 5.74) is 5.78. The summed E-state index contributed by atoms with van der Waals surface area (Å²) in [5.74, 6) is 2.17. The second kappa shape index (κ2) is 20.4. The molecule has 0 spiro atoms. The maximum Gasteiger partial charge on any atom is 0.250 e. The number of rotatable bonds is 16. The predicted molar refractivity (Wildman–Crippen MR) is 248 cm³/mol. The Morgan fingerprint density at radius 3 is 2.41 bits per heavy atom. The van der Waals surface area contributed by atoms with Crippen molar-refractivity contribution in [3.05, 3.63) is 140 Å². The molecule has 0 radical (unpaired) electrons. The third kappa shape index (κ3) is 11.2. The van der Waals surface area contributed by atoms with Crippen molar-refractivity contribution in [3.63, 3.8) is 0 Å². The number of ether oxygens (including phenoxy) is 4. The predicted octanol–water partition coefficient (Wildman–Crippen LogP) is 8.55. The Morgan fingerprint density at radius 1 is 0.864 bits per heavy atom. The minimum atomic E-state index is -0.628. The molecule has 0 unspecified atom stereocenters. The molecule has 3 amide bonds. The second-order valence-electron chi connectivity index (χ2n) is 15.0. The van der Waals surface area contributed by atoms with Gasteiger partial charge < -0.3 is 50.4 Å². The highest BCUT2D eigenvalue weighted by Crippen LogP contribution is 2.45. The first-order valence-corrected chi connectivity index (χ1v) is 20.9.